The number of benzene rings is 1. The van der Waals surface area contributed by atoms with Crippen molar-refractivity contribution in [3.05, 3.63) is 46.2 Å². The zero-order valence-electron chi connectivity index (χ0n) is 10.6. The first-order valence-corrected chi connectivity index (χ1v) is 7.36. The Labute approximate surface area is 121 Å². The normalized spacial score (nSPS) is 18.1. The van der Waals surface area contributed by atoms with Crippen LogP contribution in [-0.4, -0.2) is 16.5 Å². The van der Waals surface area contributed by atoms with E-state index in [4.69, 9.17) is 10.7 Å². The number of nitrogens with zero attached hydrogens (tertiary/aromatic N) is 2. The van der Waals surface area contributed by atoms with Gasteiger partial charge in [-0.3, -0.25) is 0 Å². The van der Waals surface area contributed by atoms with Crippen LogP contribution in [0.4, 0.5) is 0 Å². The van der Waals surface area contributed by atoms with Crippen molar-refractivity contribution in [2.24, 2.45) is 11.7 Å². The summed E-state index contributed by atoms with van der Waals surface area (Å²) in [5.74, 6) is 1.41. The number of aromatic nitrogens is 2. The average molecular weight is 318 g/mol. The Morgan fingerprint density at radius 3 is 2.79 bits per heavy atom. The van der Waals surface area contributed by atoms with Gasteiger partial charge in [0.25, 0.3) is 0 Å². The molecule has 0 fully saturated rings. The second kappa shape index (κ2) is 5.39. The van der Waals surface area contributed by atoms with Crippen molar-refractivity contribution in [3.8, 4) is 11.4 Å². The van der Waals surface area contributed by atoms with E-state index < -0.39 is 0 Å². The lowest BCUT2D eigenvalue weighted by Gasteiger charge is -2.22. The molecule has 3 nitrogen and oxygen atoms in total. The van der Waals surface area contributed by atoms with Crippen molar-refractivity contribution in [2.75, 3.05) is 6.54 Å². The van der Waals surface area contributed by atoms with Crippen molar-refractivity contribution in [2.45, 2.75) is 19.3 Å². The minimum absolute atomic E-state index is 0.592. The van der Waals surface area contributed by atoms with Gasteiger partial charge in [0.15, 0.2) is 5.82 Å². The predicted octanol–water partition coefficient (Wildman–Crippen LogP) is 2.97. The predicted molar refractivity (Wildman–Crippen MR) is 79.7 cm³/mol. The van der Waals surface area contributed by atoms with Crippen molar-refractivity contribution in [1.29, 1.82) is 0 Å². The summed E-state index contributed by atoms with van der Waals surface area (Å²) in [6.45, 7) is 0.758. The number of fused-ring (bicyclic) bond motifs is 1. The third kappa shape index (κ3) is 2.69. The van der Waals surface area contributed by atoms with Crippen LogP contribution in [0.5, 0.6) is 0 Å². The second-order valence-corrected chi connectivity index (χ2v) is 5.93. The van der Waals surface area contributed by atoms with Gasteiger partial charge in [-0.1, -0.05) is 28.1 Å². The highest BCUT2D eigenvalue weighted by Crippen LogP contribution is 2.25. The summed E-state index contributed by atoms with van der Waals surface area (Å²) in [7, 11) is 0. The third-order valence-corrected chi connectivity index (χ3v) is 4.22. The van der Waals surface area contributed by atoms with Gasteiger partial charge in [0.05, 0.1) is 0 Å². The van der Waals surface area contributed by atoms with Crippen molar-refractivity contribution < 1.29 is 0 Å². The van der Waals surface area contributed by atoms with Crippen molar-refractivity contribution >= 4 is 15.9 Å². The standard InChI is InChI=1S/C15H16BrN3/c16-13-4-2-11(3-5-13)15-18-9-12-7-10(8-17)1-6-14(12)19-15/h2-5,9-10H,1,6-8,17H2. The first-order chi connectivity index (χ1) is 9.26. The maximum absolute atomic E-state index is 5.75. The van der Waals surface area contributed by atoms with Crippen LogP contribution in [0.15, 0.2) is 34.9 Å². The van der Waals surface area contributed by atoms with E-state index >= 15 is 0 Å². The molecule has 3 rings (SSSR count). The molecular weight excluding hydrogens is 302 g/mol. The number of hydrogen-bond donors (Lipinski definition) is 1. The number of hydrogen-bond acceptors (Lipinski definition) is 3. The van der Waals surface area contributed by atoms with Gasteiger partial charge in [-0.2, -0.15) is 0 Å². The summed E-state index contributed by atoms with van der Waals surface area (Å²) >= 11 is 3.44. The van der Waals surface area contributed by atoms with Gasteiger partial charge in [0, 0.05) is 21.9 Å². The summed E-state index contributed by atoms with van der Waals surface area (Å²) < 4.78 is 1.07. The lowest BCUT2D eigenvalue weighted by atomic mass is 9.87. The minimum Gasteiger partial charge on any atom is -0.330 e. The molecule has 98 valence electrons. The fraction of sp³-hybridized carbons (Fsp3) is 0.333. The molecular formula is C15H16BrN3. The Morgan fingerprint density at radius 1 is 1.26 bits per heavy atom. The fourth-order valence-electron chi connectivity index (χ4n) is 2.52. The number of aryl methyl sites for hydroxylation is 1. The van der Waals surface area contributed by atoms with Gasteiger partial charge in [0.1, 0.15) is 0 Å². The molecule has 0 bridgehead atoms. The molecule has 0 spiro atoms. The summed E-state index contributed by atoms with van der Waals surface area (Å²) in [5.41, 5.74) is 9.27. The lowest BCUT2D eigenvalue weighted by molar-refractivity contribution is 0.462. The van der Waals surface area contributed by atoms with E-state index in [0.717, 1.165) is 41.7 Å². The second-order valence-electron chi connectivity index (χ2n) is 5.02. The first kappa shape index (κ1) is 12.8. The summed E-state index contributed by atoms with van der Waals surface area (Å²) in [5, 5.41) is 0. The van der Waals surface area contributed by atoms with E-state index in [1.54, 1.807) is 0 Å². The SMILES string of the molecule is NCC1CCc2nc(-c3ccc(Br)cc3)ncc2C1. The molecule has 1 aliphatic carbocycles. The Balaban J connectivity index is 1.92. The first-order valence-electron chi connectivity index (χ1n) is 6.57. The number of nitrogens with two attached hydrogens (primary N) is 1. The smallest absolute Gasteiger partial charge is 0.159 e. The Hall–Kier alpha value is -1.26. The molecule has 0 aliphatic heterocycles. The zero-order valence-corrected chi connectivity index (χ0v) is 12.2. The van der Waals surface area contributed by atoms with Crippen LogP contribution in [-0.2, 0) is 12.8 Å². The van der Waals surface area contributed by atoms with Crippen LogP contribution >= 0.6 is 15.9 Å². The van der Waals surface area contributed by atoms with Crippen molar-refractivity contribution in [3.63, 3.8) is 0 Å². The maximum Gasteiger partial charge on any atom is 0.159 e. The minimum atomic E-state index is 0.592. The topological polar surface area (TPSA) is 51.8 Å². The molecule has 1 aromatic carbocycles. The van der Waals surface area contributed by atoms with Gasteiger partial charge in [-0.05, 0) is 49.4 Å². The van der Waals surface area contributed by atoms with Gasteiger partial charge >= 0.3 is 0 Å². The third-order valence-electron chi connectivity index (χ3n) is 3.69. The molecule has 0 saturated carbocycles. The molecule has 1 heterocycles. The summed E-state index contributed by atoms with van der Waals surface area (Å²) in [6.07, 6.45) is 5.15. The molecule has 1 aliphatic rings. The van der Waals surface area contributed by atoms with Crippen LogP contribution in [0.1, 0.15) is 17.7 Å². The fourth-order valence-corrected chi connectivity index (χ4v) is 2.79. The van der Waals surface area contributed by atoms with Gasteiger partial charge in [-0.15, -0.1) is 0 Å². The monoisotopic (exact) mass is 317 g/mol. The lowest BCUT2D eigenvalue weighted by Crippen LogP contribution is -2.23. The Kier molecular flexibility index (Phi) is 3.62. The Bertz CT molecular complexity index is 580. The quantitative estimate of drug-likeness (QED) is 0.926. The highest BCUT2D eigenvalue weighted by molar-refractivity contribution is 9.10. The highest BCUT2D eigenvalue weighted by Gasteiger charge is 2.19. The van der Waals surface area contributed by atoms with Crippen LogP contribution in [0, 0.1) is 5.92 Å². The Morgan fingerprint density at radius 2 is 2.05 bits per heavy atom. The van der Waals surface area contributed by atoms with Crippen molar-refractivity contribution in [1.82, 2.24) is 9.97 Å². The molecule has 1 aromatic heterocycles. The number of rotatable bonds is 2. The van der Waals surface area contributed by atoms with E-state index in [2.05, 4.69) is 20.9 Å². The van der Waals surface area contributed by atoms with Crippen LogP contribution < -0.4 is 5.73 Å². The zero-order chi connectivity index (χ0) is 13.2. The molecule has 4 heteroatoms. The van der Waals surface area contributed by atoms with Crippen LogP contribution in [0.3, 0.4) is 0 Å². The molecule has 1 unspecified atom stereocenters. The highest BCUT2D eigenvalue weighted by atomic mass is 79.9. The van der Waals surface area contributed by atoms with Gasteiger partial charge in [-0.25, -0.2) is 9.97 Å². The number of halogens is 1. The maximum atomic E-state index is 5.75. The van der Waals surface area contributed by atoms with E-state index in [1.165, 1.54) is 11.3 Å². The summed E-state index contributed by atoms with van der Waals surface area (Å²) in [6, 6.07) is 8.11. The molecule has 0 radical (unpaired) electrons. The van der Waals surface area contributed by atoms with E-state index in [1.807, 2.05) is 30.5 Å². The molecule has 0 saturated heterocycles. The van der Waals surface area contributed by atoms with Crippen LogP contribution in [0.25, 0.3) is 11.4 Å². The van der Waals surface area contributed by atoms with E-state index in [-0.39, 0.29) is 0 Å². The molecule has 19 heavy (non-hydrogen) atoms. The van der Waals surface area contributed by atoms with E-state index in [9.17, 15) is 0 Å². The van der Waals surface area contributed by atoms with E-state index in [0.29, 0.717) is 5.92 Å². The van der Waals surface area contributed by atoms with Gasteiger partial charge < -0.3 is 5.73 Å². The summed E-state index contributed by atoms with van der Waals surface area (Å²) in [4.78, 5) is 9.21. The molecule has 1 atom stereocenters. The van der Waals surface area contributed by atoms with Gasteiger partial charge in [0.2, 0.25) is 0 Å². The van der Waals surface area contributed by atoms with Crippen LogP contribution in [0.2, 0.25) is 0 Å². The molecule has 2 aromatic rings. The average Bonchev–Trinajstić information content (AvgIpc) is 2.47. The largest absolute Gasteiger partial charge is 0.330 e. The molecule has 0 amide bonds. The molecule has 2 N–H and O–H groups in total.